The predicted octanol–water partition coefficient (Wildman–Crippen LogP) is 1.19. The molecule has 15 heavy (non-hydrogen) atoms. The largest absolute Gasteiger partial charge is 0.330 e. The third-order valence-corrected chi connectivity index (χ3v) is 3.59. The van der Waals surface area contributed by atoms with Gasteiger partial charge in [-0.05, 0) is 31.7 Å². The van der Waals surface area contributed by atoms with E-state index in [1.165, 1.54) is 25.7 Å². The van der Waals surface area contributed by atoms with Crippen LogP contribution in [0.2, 0.25) is 0 Å². The molecule has 0 atom stereocenters. The van der Waals surface area contributed by atoms with Crippen LogP contribution in [0.15, 0.2) is 0 Å². The maximum atomic E-state index is 5.92. The lowest BCUT2D eigenvalue weighted by atomic mass is 9.82. The molecule has 0 spiro atoms. The molecule has 1 aromatic rings. The van der Waals surface area contributed by atoms with Crippen molar-refractivity contribution in [3.05, 3.63) is 11.6 Å². The number of aromatic nitrogens is 3. The van der Waals surface area contributed by atoms with E-state index in [2.05, 4.69) is 10.1 Å². The highest BCUT2D eigenvalue weighted by Gasteiger charge is 2.33. The molecule has 4 nitrogen and oxygen atoms in total. The van der Waals surface area contributed by atoms with Crippen LogP contribution in [-0.4, -0.2) is 21.3 Å². The molecular weight excluding hydrogens is 188 g/mol. The van der Waals surface area contributed by atoms with Gasteiger partial charge in [0.25, 0.3) is 0 Å². The Kier molecular flexibility index (Phi) is 2.78. The third-order valence-electron chi connectivity index (χ3n) is 3.59. The average molecular weight is 208 g/mol. The van der Waals surface area contributed by atoms with E-state index in [0.29, 0.717) is 5.41 Å². The number of nitrogens with zero attached hydrogens (tertiary/aromatic N) is 3. The fourth-order valence-corrected chi connectivity index (χ4v) is 2.62. The molecule has 0 aliphatic heterocycles. The SMILES string of the molecule is Cc1nc(CC2(CN)CCCC2)n(C)n1. The summed E-state index contributed by atoms with van der Waals surface area (Å²) < 4.78 is 1.89. The molecule has 2 N–H and O–H groups in total. The van der Waals surface area contributed by atoms with Crippen LogP contribution in [0.1, 0.15) is 37.3 Å². The molecule has 0 amide bonds. The fourth-order valence-electron chi connectivity index (χ4n) is 2.62. The van der Waals surface area contributed by atoms with Crippen molar-refractivity contribution < 1.29 is 0 Å². The summed E-state index contributed by atoms with van der Waals surface area (Å²) in [4.78, 5) is 4.46. The van der Waals surface area contributed by atoms with Crippen molar-refractivity contribution in [1.29, 1.82) is 0 Å². The number of hydrogen-bond donors (Lipinski definition) is 1. The summed E-state index contributed by atoms with van der Waals surface area (Å²) >= 11 is 0. The average Bonchev–Trinajstić information content (AvgIpc) is 2.76. The predicted molar refractivity (Wildman–Crippen MR) is 59.4 cm³/mol. The van der Waals surface area contributed by atoms with Crippen LogP contribution in [0.5, 0.6) is 0 Å². The summed E-state index contributed by atoms with van der Waals surface area (Å²) in [7, 11) is 1.97. The van der Waals surface area contributed by atoms with E-state index in [1.807, 2.05) is 18.7 Å². The van der Waals surface area contributed by atoms with Gasteiger partial charge in [0.05, 0.1) is 0 Å². The minimum absolute atomic E-state index is 0.299. The van der Waals surface area contributed by atoms with Gasteiger partial charge in [0.1, 0.15) is 11.6 Å². The van der Waals surface area contributed by atoms with Crippen molar-refractivity contribution in [2.75, 3.05) is 6.54 Å². The molecule has 0 radical (unpaired) electrons. The van der Waals surface area contributed by atoms with E-state index >= 15 is 0 Å². The van der Waals surface area contributed by atoms with Gasteiger partial charge in [-0.2, -0.15) is 5.10 Å². The van der Waals surface area contributed by atoms with Crippen molar-refractivity contribution in [3.8, 4) is 0 Å². The van der Waals surface area contributed by atoms with Gasteiger partial charge in [0.2, 0.25) is 0 Å². The van der Waals surface area contributed by atoms with Crippen molar-refractivity contribution in [1.82, 2.24) is 14.8 Å². The highest BCUT2D eigenvalue weighted by molar-refractivity contribution is 4.99. The van der Waals surface area contributed by atoms with E-state index in [9.17, 15) is 0 Å². The van der Waals surface area contributed by atoms with Crippen LogP contribution in [0.25, 0.3) is 0 Å². The second-order valence-corrected chi connectivity index (χ2v) is 4.79. The van der Waals surface area contributed by atoms with E-state index in [0.717, 1.165) is 24.6 Å². The lowest BCUT2D eigenvalue weighted by Gasteiger charge is -2.26. The topological polar surface area (TPSA) is 56.7 Å². The molecule has 0 saturated heterocycles. The second-order valence-electron chi connectivity index (χ2n) is 4.79. The Morgan fingerprint density at radius 3 is 2.53 bits per heavy atom. The fraction of sp³-hybridized carbons (Fsp3) is 0.818. The Labute approximate surface area is 90.9 Å². The summed E-state index contributed by atoms with van der Waals surface area (Å²) in [5.74, 6) is 1.94. The number of hydrogen-bond acceptors (Lipinski definition) is 3. The minimum atomic E-state index is 0.299. The molecule has 0 unspecified atom stereocenters. The summed E-state index contributed by atoms with van der Waals surface area (Å²) in [5, 5.41) is 4.28. The van der Waals surface area contributed by atoms with Crippen molar-refractivity contribution in [2.45, 2.75) is 39.0 Å². The lowest BCUT2D eigenvalue weighted by molar-refractivity contribution is 0.296. The zero-order valence-corrected chi connectivity index (χ0v) is 9.66. The van der Waals surface area contributed by atoms with E-state index in [4.69, 9.17) is 5.73 Å². The zero-order chi connectivity index (χ0) is 10.9. The van der Waals surface area contributed by atoms with Gasteiger partial charge in [0, 0.05) is 13.5 Å². The first kappa shape index (κ1) is 10.6. The number of nitrogens with two attached hydrogens (primary N) is 1. The standard InChI is InChI=1S/C11H20N4/c1-9-13-10(15(2)14-9)7-11(8-12)5-3-4-6-11/h3-8,12H2,1-2H3. The van der Waals surface area contributed by atoms with Gasteiger partial charge in [-0.1, -0.05) is 12.8 Å². The van der Waals surface area contributed by atoms with Crippen LogP contribution >= 0.6 is 0 Å². The highest BCUT2D eigenvalue weighted by atomic mass is 15.3. The summed E-state index contributed by atoms with van der Waals surface area (Å²) in [5.41, 5.74) is 6.21. The monoisotopic (exact) mass is 208 g/mol. The van der Waals surface area contributed by atoms with Gasteiger partial charge < -0.3 is 5.73 Å². The molecule has 1 aliphatic rings. The van der Waals surface area contributed by atoms with E-state index in [1.54, 1.807) is 0 Å². The Morgan fingerprint density at radius 2 is 2.07 bits per heavy atom. The van der Waals surface area contributed by atoms with Crippen LogP contribution in [-0.2, 0) is 13.5 Å². The van der Waals surface area contributed by atoms with Gasteiger partial charge in [-0.3, -0.25) is 4.68 Å². The molecule has 0 bridgehead atoms. The third kappa shape index (κ3) is 2.04. The van der Waals surface area contributed by atoms with Crippen LogP contribution in [0, 0.1) is 12.3 Å². The Balaban J connectivity index is 2.16. The van der Waals surface area contributed by atoms with Crippen LogP contribution in [0.3, 0.4) is 0 Å². The first-order valence-electron chi connectivity index (χ1n) is 5.72. The van der Waals surface area contributed by atoms with Crippen molar-refractivity contribution >= 4 is 0 Å². The number of rotatable bonds is 3. The van der Waals surface area contributed by atoms with Gasteiger partial charge in [0.15, 0.2) is 0 Å². The Bertz CT molecular complexity index is 336. The number of aryl methyl sites for hydroxylation is 2. The Hall–Kier alpha value is -0.900. The molecule has 1 saturated carbocycles. The maximum absolute atomic E-state index is 5.92. The van der Waals surface area contributed by atoms with Gasteiger partial charge >= 0.3 is 0 Å². The Morgan fingerprint density at radius 1 is 1.40 bits per heavy atom. The molecular formula is C11H20N4. The molecule has 1 aliphatic carbocycles. The molecule has 4 heteroatoms. The summed E-state index contributed by atoms with van der Waals surface area (Å²) in [6.45, 7) is 2.71. The molecule has 0 aromatic carbocycles. The van der Waals surface area contributed by atoms with E-state index < -0.39 is 0 Å². The first-order chi connectivity index (χ1) is 7.15. The zero-order valence-electron chi connectivity index (χ0n) is 9.66. The van der Waals surface area contributed by atoms with Gasteiger partial charge in [-0.25, -0.2) is 4.98 Å². The lowest BCUT2D eigenvalue weighted by Crippen LogP contribution is -2.30. The van der Waals surface area contributed by atoms with Crippen molar-refractivity contribution in [3.63, 3.8) is 0 Å². The van der Waals surface area contributed by atoms with Crippen LogP contribution < -0.4 is 5.73 Å². The molecule has 84 valence electrons. The van der Waals surface area contributed by atoms with E-state index in [-0.39, 0.29) is 0 Å². The maximum Gasteiger partial charge on any atom is 0.147 e. The summed E-state index contributed by atoms with van der Waals surface area (Å²) in [6, 6.07) is 0. The molecule has 1 heterocycles. The second kappa shape index (κ2) is 3.93. The minimum Gasteiger partial charge on any atom is -0.330 e. The molecule has 1 fully saturated rings. The molecule has 1 aromatic heterocycles. The molecule has 2 rings (SSSR count). The quantitative estimate of drug-likeness (QED) is 0.811. The first-order valence-corrected chi connectivity index (χ1v) is 5.72. The normalized spacial score (nSPS) is 19.7. The van der Waals surface area contributed by atoms with Crippen LogP contribution in [0.4, 0.5) is 0 Å². The van der Waals surface area contributed by atoms with Gasteiger partial charge in [-0.15, -0.1) is 0 Å². The summed E-state index contributed by atoms with van der Waals surface area (Å²) in [6.07, 6.45) is 6.10. The smallest absolute Gasteiger partial charge is 0.147 e. The highest BCUT2D eigenvalue weighted by Crippen LogP contribution is 2.39. The van der Waals surface area contributed by atoms with Crippen molar-refractivity contribution in [2.24, 2.45) is 18.2 Å².